The topological polar surface area (TPSA) is 135 Å². The van der Waals surface area contributed by atoms with Crippen LogP contribution < -0.4 is 19.7 Å². The zero-order chi connectivity index (χ0) is 30.6. The van der Waals surface area contributed by atoms with Crippen LogP contribution in [0.15, 0.2) is 55.3 Å². The van der Waals surface area contributed by atoms with Crippen molar-refractivity contribution >= 4 is 21.7 Å². The molecular formula is C29H38N8O5S. The van der Waals surface area contributed by atoms with Crippen molar-refractivity contribution in [2.45, 2.75) is 32.4 Å². The highest BCUT2D eigenvalue weighted by molar-refractivity contribution is 7.89. The lowest BCUT2D eigenvalue weighted by molar-refractivity contribution is -0.123. The third-order valence-corrected chi connectivity index (χ3v) is 8.90. The van der Waals surface area contributed by atoms with Gasteiger partial charge in [-0.2, -0.15) is 9.29 Å². The number of benzene rings is 1. The van der Waals surface area contributed by atoms with Gasteiger partial charge < -0.3 is 24.6 Å². The molecule has 5 rings (SSSR count). The maximum atomic E-state index is 13.8. The molecule has 0 aliphatic carbocycles. The molecular weight excluding hydrogens is 572 g/mol. The number of carbonyl (C=O) groups is 1. The first-order valence-electron chi connectivity index (χ1n) is 14.2. The van der Waals surface area contributed by atoms with E-state index in [1.807, 2.05) is 57.1 Å². The number of rotatable bonds is 10. The Bertz CT molecular complexity index is 1560. The predicted octanol–water partition coefficient (Wildman–Crippen LogP) is 1.77. The summed E-state index contributed by atoms with van der Waals surface area (Å²) in [6, 6.07) is 6.58. The lowest BCUT2D eigenvalue weighted by atomic mass is 10.1. The average molecular weight is 611 g/mol. The number of nitrogens with zero attached hydrogens (tertiary/aromatic N) is 7. The molecule has 1 fully saturated rings. The Morgan fingerprint density at radius 1 is 1.14 bits per heavy atom. The molecule has 4 heterocycles. The van der Waals surface area contributed by atoms with Crippen molar-refractivity contribution in [3.63, 3.8) is 0 Å². The van der Waals surface area contributed by atoms with Gasteiger partial charge in [0.25, 0.3) is 0 Å². The van der Waals surface area contributed by atoms with Crippen molar-refractivity contribution in [2.24, 2.45) is 0 Å². The number of sulfonamides is 1. The van der Waals surface area contributed by atoms with Gasteiger partial charge in [-0.05, 0) is 29.8 Å². The maximum absolute atomic E-state index is 13.8. The molecule has 0 radical (unpaired) electrons. The zero-order valence-corrected chi connectivity index (χ0v) is 25.7. The fraction of sp³-hybridized carbons (Fsp3) is 0.448. The fourth-order valence-corrected chi connectivity index (χ4v) is 6.14. The first kappa shape index (κ1) is 30.3. The molecule has 14 heteroatoms. The Morgan fingerprint density at radius 3 is 2.65 bits per heavy atom. The summed E-state index contributed by atoms with van der Waals surface area (Å²) in [5, 5.41) is 3.01. The van der Waals surface area contributed by atoms with Crippen LogP contribution in [0.5, 0.6) is 11.5 Å². The molecule has 13 nitrogen and oxygen atoms in total. The summed E-state index contributed by atoms with van der Waals surface area (Å²) >= 11 is 0. The number of amides is 1. The predicted molar refractivity (Wildman–Crippen MR) is 162 cm³/mol. The maximum Gasteiger partial charge on any atom is 0.244 e. The number of fused-ring (bicyclic) bond motifs is 1. The van der Waals surface area contributed by atoms with Gasteiger partial charge in [0.2, 0.25) is 21.9 Å². The Kier molecular flexibility index (Phi) is 9.16. The Hall–Kier alpha value is -4.17. The summed E-state index contributed by atoms with van der Waals surface area (Å²) in [4.78, 5) is 31.1. The molecule has 2 aromatic heterocycles. The van der Waals surface area contributed by atoms with E-state index in [0.29, 0.717) is 36.5 Å². The molecule has 0 bridgehead atoms. The van der Waals surface area contributed by atoms with Crippen LogP contribution in [0, 0.1) is 0 Å². The number of carbonyl (C=O) groups excluding carboxylic acids is 1. The van der Waals surface area contributed by atoms with E-state index in [9.17, 15) is 13.2 Å². The number of ether oxygens (including phenoxy) is 2. The molecule has 1 saturated heterocycles. The van der Waals surface area contributed by atoms with Gasteiger partial charge in [0.1, 0.15) is 31.4 Å². The van der Waals surface area contributed by atoms with E-state index >= 15 is 0 Å². The van der Waals surface area contributed by atoms with Gasteiger partial charge in [-0.25, -0.2) is 18.4 Å². The first-order chi connectivity index (χ1) is 20.6. The SMILES string of the molecule is CC(C)c1cc(N2CCN(S(=O)(=O)CC=CN(C)C)CC2C(=O)NCc2ccc3c(c2)OCCO3)nc(-n2ccnc2)n1. The van der Waals surface area contributed by atoms with Gasteiger partial charge in [-0.15, -0.1) is 0 Å². The monoisotopic (exact) mass is 610 g/mol. The van der Waals surface area contributed by atoms with Gasteiger partial charge >= 0.3 is 0 Å². The molecule has 43 heavy (non-hydrogen) atoms. The second kappa shape index (κ2) is 13.0. The number of imidazole rings is 1. The van der Waals surface area contributed by atoms with Crippen molar-refractivity contribution in [1.29, 1.82) is 0 Å². The number of hydrogen-bond acceptors (Lipinski definition) is 10. The van der Waals surface area contributed by atoms with Gasteiger partial charge in [0.05, 0.1) is 11.4 Å². The first-order valence-corrected chi connectivity index (χ1v) is 15.8. The number of nitrogens with one attached hydrogen (secondary N) is 1. The van der Waals surface area contributed by atoms with E-state index in [4.69, 9.17) is 19.4 Å². The largest absolute Gasteiger partial charge is 0.486 e. The third kappa shape index (κ3) is 7.25. The van der Waals surface area contributed by atoms with Gasteiger partial charge in [0, 0.05) is 58.7 Å². The molecule has 3 aromatic rings. The van der Waals surface area contributed by atoms with E-state index in [-0.39, 0.29) is 43.8 Å². The minimum Gasteiger partial charge on any atom is -0.486 e. The summed E-state index contributed by atoms with van der Waals surface area (Å²) in [6.45, 7) is 5.73. The molecule has 1 atom stereocenters. The molecule has 2 aliphatic heterocycles. The molecule has 2 aliphatic rings. The van der Waals surface area contributed by atoms with Crippen molar-refractivity contribution < 1.29 is 22.7 Å². The van der Waals surface area contributed by atoms with E-state index in [1.165, 1.54) is 4.31 Å². The van der Waals surface area contributed by atoms with Crippen molar-refractivity contribution in [1.82, 2.24) is 34.0 Å². The smallest absolute Gasteiger partial charge is 0.244 e. The molecule has 1 amide bonds. The fourth-order valence-electron chi connectivity index (χ4n) is 4.87. The van der Waals surface area contributed by atoms with Crippen LogP contribution in [-0.4, -0.2) is 102 Å². The quantitative estimate of drug-likeness (QED) is 0.362. The number of aromatic nitrogens is 4. The summed E-state index contributed by atoms with van der Waals surface area (Å²) in [7, 11) is 0.00101. The lowest BCUT2D eigenvalue weighted by Gasteiger charge is -2.40. The van der Waals surface area contributed by atoms with E-state index in [2.05, 4.69) is 10.3 Å². The molecule has 1 aromatic carbocycles. The van der Waals surface area contributed by atoms with Crippen LogP contribution in [0.4, 0.5) is 5.82 Å². The standard InChI is InChI=1S/C29H38N8O5S/c1-21(2)23-17-27(33-29(32-23)35-10-8-30-20-35)37-12-11-36(43(39,40)15-5-9-34(3)4)19-24(37)28(38)31-18-22-6-7-25-26(16-22)42-14-13-41-25/h5-10,16-17,20-21,24H,11-15,18-19H2,1-4H3,(H,31,38). The summed E-state index contributed by atoms with van der Waals surface area (Å²) < 4.78 is 41.0. The average Bonchev–Trinajstić information content (AvgIpc) is 3.54. The number of hydrogen-bond donors (Lipinski definition) is 1. The van der Waals surface area contributed by atoms with Crippen molar-refractivity contribution in [3.05, 3.63) is 66.5 Å². The molecule has 0 spiro atoms. The summed E-state index contributed by atoms with van der Waals surface area (Å²) in [5.41, 5.74) is 1.64. The molecule has 1 N–H and O–H groups in total. The summed E-state index contributed by atoms with van der Waals surface area (Å²) in [5.74, 6) is 1.90. The van der Waals surface area contributed by atoms with E-state index in [1.54, 1.807) is 40.5 Å². The van der Waals surface area contributed by atoms with E-state index < -0.39 is 16.1 Å². The van der Waals surface area contributed by atoms with Gasteiger partial charge in [0.15, 0.2) is 11.5 Å². The number of anilines is 1. The second-order valence-corrected chi connectivity index (χ2v) is 13.0. The zero-order valence-electron chi connectivity index (χ0n) is 24.9. The third-order valence-electron chi connectivity index (χ3n) is 7.16. The van der Waals surface area contributed by atoms with Crippen LogP contribution in [0.2, 0.25) is 0 Å². The summed E-state index contributed by atoms with van der Waals surface area (Å²) in [6.07, 6.45) is 8.33. The highest BCUT2D eigenvalue weighted by Gasteiger charge is 2.38. The molecule has 0 saturated carbocycles. The van der Waals surface area contributed by atoms with Gasteiger partial charge in [-0.3, -0.25) is 9.36 Å². The Labute approximate surface area is 252 Å². The minimum absolute atomic E-state index is 0.0213. The lowest BCUT2D eigenvalue weighted by Crippen LogP contribution is -2.60. The normalized spacial score (nSPS) is 17.4. The van der Waals surface area contributed by atoms with Crippen LogP contribution in [0.1, 0.15) is 31.0 Å². The Balaban J connectivity index is 1.43. The second-order valence-electron chi connectivity index (χ2n) is 11.0. The Morgan fingerprint density at radius 2 is 1.93 bits per heavy atom. The van der Waals surface area contributed by atoms with Crippen LogP contribution in [0.3, 0.4) is 0 Å². The minimum atomic E-state index is -3.66. The van der Waals surface area contributed by atoms with Gasteiger partial charge in [-0.1, -0.05) is 26.0 Å². The van der Waals surface area contributed by atoms with Crippen LogP contribution in [0.25, 0.3) is 5.95 Å². The van der Waals surface area contributed by atoms with Crippen molar-refractivity contribution in [2.75, 3.05) is 57.6 Å². The molecule has 230 valence electrons. The van der Waals surface area contributed by atoms with Crippen LogP contribution in [-0.2, 0) is 21.4 Å². The van der Waals surface area contributed by atoms with E-state index in [0.717, 1.165) is 11.3 Å². The molecule has 1 unspecified atom stereocenters. The highest BCUT2D eigenvalue weighted by Crippen LogP contribution is 2.31. The van der Waals surface area contributed by atoms with Crippen LogP contribution >= 0.6 is 0 Å². The number of piperazine rings is 1. The van der Waals surface area contributed by atoms with Crippen molar-refractivity contribution in [3.8, 4) is 17.4 Å². The highest BCUT2D eigenvalue weighted by atomic mass is 32.2.